The Morgan fingerprint density at radius 2 is 2.18 bits per heavy atom. The topological polar surface area (TPSA) is 73.6 Å². The number of halogens is 2. The molecule has 1 aromatic rings. The van der Waals surface area contributed by atoms with Crippen LogP contribution in [0.15, 0.2) is 12.1 Å². The van der Waals surface area contributed by atoms with E-state index in [2.05, 4.69) is 5.32 Å². The first-order valence-corrected chi connectivity index (χ1v) is 7.48. The predicted octanol–water partition coefficient (Wildman–Crippen LogP) is 2.90. The first-order chi connectivity index (χ1) is 10.1. The molecule has 1 fully saturated rings. The second-order valence-corrected chi connectivity index (χ2v) is 5.61. The molecular weight excluding hydrogens is 327 g/mol. The fourth-order valence-electron chi connectivity index (χ4n) is 1.92. The van der Waals surface area contributed by atoms with E-state index in [9.17, 15) is 4.79 Å². The zero-order chi connectivity index (χ0) is 15.2. The third-order valence-electron chi connectivity index (χ3n) is 3.36. The number of nitrogens with one attached hydrogen (secondary N) is 1. The summed E-state index contributed by atoms with van der Waals surface area (Å²) in [7, 11) is 1.49. The largest absolute Gasteiger partial charge is 0.496 e. The smallest absolute Gasteiger partial charge is 0.255 e. The van der Waals surface area contributed by atoms with Gasteiger partial charge in [0.2, 0.25) is 0 Å². The van der Waals surface area contributed by atoms with Crippen LogP contribution < -0.4 is 15.8 Å². The third-order valence-corrected chi connectivity index (χ3v) is 3.69. The summed E-state index contributed by atoms with van der Waals surface area (Å²) in [5.74, 6) is 0.955. The van der Waals surface area contributed by atoms with Crippen LogP contribution >= 0.6 is 24.0 Å². The van der Waals surface area contributed by atoms with Crippen molar-refractivity contribution in [3.8, 4) is 5.75 Å². The number of carbonyl (C=O) groups is 1. The molecule has 0 spiro atoms. The van der Waals surface area contributed by atoms with Gasteiger partial charge in [-0.15, -0.1) is 12.4 Å². The molecule has 1 aromatic carbocycles. The van der Waals surface area contributed by atoms with Crippen molar-refractivity contribution in [1.82, 2.24) is 5.32 Å². The minimum atomic E-state index is -0.226. The zero-order valence-electron chi connectivity index (χ0n) is 12.6. The molecule has 1 aliphatic carbocycles. The van der Waals surface area contributed by atoms with Gasteiger partial charge in [-0.05, 0) is 31.2 Å². The molecule has 5 nitrogen and oxygen atoms in total. The van der Waals surface area contributed by atoms with Crippen molar-refractivity contribution in [2.45, 2.75) is 19.3 Å². The van der Waals surface area contributed by atoms with Crippen LogP contribution in [-0.4, -0.2) is 32.8 Å². The molecule has 124 valence electrons. The van der Waals surface area contributed by atoms with Crippen molar-refractivity contribution in [2.24, 2.45) is 5.92 Å². The average Bonchev–Trinajstić information content (AvgIpc) is 3.29. The normalized spacial score (nSPS) is 13.4. The molecule has 0 heterocycles. The number of anilines is 1. The second-order valence-electron chi connectivity index (χ2n) is 5.20. The highest BCUT2D eigenvalue weighted by Crippen LogP contribution is 2.29. The molecule has 3 N–H and O–H groups in total. The molecule has 1 saturated carbocycles. The molecule has 0 atom stereocenters. The Morgan fingerprint density at radius 1 is 1.45 bits per heavy atom. The number of nitrogens with two attached hydrogens (primary N) is 1. The van der Waals surface area contributed by atoms with Crippen LogP contribution in [0.2, 0.25) is 5.02 Å². The molecule has 0 aliphatic heterocycles. The number of carbonyl (C=O) groups excluding carboxylic acids is 1. The summed E-state index contributed by atoms with van der Waals surface area (Å²) in [6, 6.07) is 3.07. The first-order valence-electron chi connectivity index (χ1n) is 7.10. The summed E-state index contributed by atoms with van der Waals surface area (Å²) >= 11 is 5.94. The SMILES string of the molecule is COc1cc(N)c(Cl)cc1C(=O)NCCCOCC1CC1.Cl. The van der Waals surface area contributed by atoms with Crippen LogP contribution in [0.5, 0.6) is 5.75 Å². The van der Waals surface area contributed by atoms with Crippen LogP contribution in [0.4, 0.5) is 5.69 Å². The van der Waals surface area contributed by atoms with Crippen LogP contribution in [0.25, 0.3) is 0 Å². The molecule has 0 bridgehead atoms. The lowest BCUT2D eigenvalue weighted by Gasteiger charge is -2.11. The van der Waals surface area contributed by atoms with Gasteiger partial charge in [-0.1, -0.05) is 11.6 Å². The highest BCUT2D eigenvalue weighted by Gasteiger charge is 2.20. The number of rotatable bonds is 8. The van der Waals surface area contributed by atoms with Gasteiger partial charge in [0, 0.05) is 25.8 Å². The number of amides is 1. The van der Waals surface area contributed by atoms with Crippen molar-refractivity contribution >= 4 is 35.6 Å². The maximum atomic E-state index is 12.1. The summed E-state index contributed by atoms with van der Waals surface area (Å²) in [6.45, 7) is 2.06. The van der Waals surface area contributed by atoms with Crippen molar-refractivity contribution in [3.05, 3.63) is 22.7 Å². The van der Waals surface area contributed by atoms with E-state index >= 15 is 0 Å². The molecule has 1 amide bonds. The minimum Gasteiger partial charge on any atom is -0.496 e. The summed E-state index contributed by atoms with van der Waals surface area (Å²) in [4.78, 5) is 12.1. The van der Waals surface area contributed by atoms with Gasteiger partial charge in [-0.2, -0.15) is 0 Å². The number of ether oxygens (including phenoxy) is 2. The van der Waals surface area contributed by atoms with Gasteiger partial charge in [-0.25, -0.2) is 0 Å². The fourth-order valence-corrected chi connectivity index (χ4v) is 2.08. The van der Waals surface area contributed by atoms with Gasteiger partial charge >= 0.3 is 0 Å². The average molecular weight is 349 g/mol. The first kappa shape index (κ1) is 18.9. The second kappa shape index (κ2) is 9.08. The molecule has 0 aromatic heterocycles. The highest BCUT2D eigenvalue weighted by atomic mass is 35.5. The molecule has 1 aliphatic rings. The Morgan fingerprint density at radius 3 is 2.82 bits per heavy atom. The number of methoxy groups -OCH3 is 1. The maximum absolute atomic E-state index is 12.1. The number of hydrogen-bond donors (Lipinski definition) is 2. The summed E-state index contributed by atoms with van der Waals surface area (Å²) in [5.41, 5.74) is 6.46. The molecule has 22 heavy (non-hydrogen) atoms. The number of hydrogen-bond acceptors (Lipinski definition) is 4. The van der Waals surface area contributed by atoms with E-state index in [0.29, 0.717) is 35.2 Å². The molecule has 7 heteroatoms. The Labute approximate surface area is 141 Å². The molecular formula is C15H22Cl2N2O3. The number of nitrogen functional groups attached to an aromatic ring is 1. The zero-order valence-corrected chi connectivity index (χ0v) is 14.1. The van der Waals surface area contributed by atoms with Crippen molar-refractivity contribution in [1.29, 1.82) is 0 Å². The quantitative estimate of drug-likeness (QED) is 0.559. The monoisotopic (exact) mass is 348 g/mol. The Hall–Kier alpha value is -1.17. The summed E-state index contributed by atoms with van der Waals surface area (Å²) in [5, 5.41) is 3.17. The van der Waals surface area contributed by atoms with E-state index in [1.54, 1.807) is 6.07 Å². The Balaban J connectivity index is 0.00000242. The number of benzene rings is 1. The van der Waals surface area contributed by atoms with Gasteiger partial charge < -0.3 is 20.5 Å². The molecule has 0 radical (unpaired) electrons. The minimum absolute atomic E-state index is 0. The van der Waals surface area contributed by atoms with Gasteiger partial charge in [-0.3, -0.25) is 4.79 Å². The van der Waals surface area contributed by atoms with Crippen molar-refractivity contribution in [3.63, 3.8) is 0 Å². The van der Waals surface area contributed by atoms with Gasteiger partial charge in [0.1, 0.15) is 5.75 Å². The molecule has 2 rings (SSSR count). The van der Waals surface area contributed by atoms with E-state index in [1.807, 2.05) is 0 Å². The molecule has 0 saturated heterocycles. The van der Waals surface area contributed by atoms with Gasteiger partial charge in [0.15, 0.2) is 0 Å². The summed E-state index contributed by atoms with van der Waals surface area (Å²) < 4.78 is 10.7. The van der Waals surface area contributed by atoms with E-state index in [-0.39, 0.29) is 18.3 Å². The molecule has 0 unspecified atom stereocenters. The summed E-state index contributed by atoms with van der Waals surface area (Å²) in [6.07, 6.45) is 3.35. The van der Waals surface area contributed by atoms with Crippen LogP contribution in [-0.2, 0) is 4.74 Å². The van der Waals surface area contributed by atoms with Crippen molar-refractivity contribution < 1.29 is 14.3 Å². The predicted molar refractivity (Wildman–Crippen MR) is 90.2 cm³/mol. The lowest BCUT2D eigenvalue weighted by molar-refractivity contribution is 0.0934. The van der Waals surface area contributed by atoms with Crippen molar-refractivity contribution in [2.75, 3.05) is 32.6 Å². The van der Waals surface area contributed by atoms with E-state index < -0.39 is 0 Å². The fraction of sp³-hybridized carbons (Fsp3) is 0.533. The standard InChI is InChI=1S/C15H21ClN2O3.ClH/c1-20-14-8-13(17)12(16)7-11(14)15(19)18-5-2-6-21-9-10-3-4-10;/h7-8,10H,2-6,9,17H2,1H3,(H,18,19);1H. The highest BCUT2D eigenvalue weighted by molar-refractivity contribution is 6.33. The van der Waals surface area contributed by atoms with Gasteiger partial charge in [0.25, 0.3) is 5.91 Å². The van der Waals surface area contributed by atoms with E-state index in [4.69, 9.17) is 26.8 Å². The van der Waals surface area contributed by atoms with E-state index in [1.165, 1.54) is 26.0 Å². The van der Waals surface area contributed by atoms with Crippen LogP contribution in [0, 0.1) is 5.92 Å². The Kier molecular flexibility index (Phi) is 7.79. The Bertz CT molecular complexity index is 508. The third kappa shape index (κ3) is 5.55. The lowest BCUT2D eigenvalue weighted by Crippen LogP contribution is -2.26. The van der Waals surface area contributed by atoms with Gasteiger partial charge in [0.05, 0.1) is 23.4 Å². The van der Waals surface area contributed by atoms with E-state index in [0.717, 1.165) is 18.9 Å². The van der Waals surface area contributed by atoms with Crippen LogP contribution in [0.1, 0.15) is 29.6 Å². The maximum Gasteiger partial charge on any atom is 0.255 e. The lowest BCUT2D eigenvalue weighted by atomic mass is 10.1. The van der Waals surface area contributed by atoms with Crippen LogP contribution in [0.3, 0.4) is 0 Å².